The van der Waals surface area contributed by atoms with E-state index < -0.39 is 22.9 Å². The average molecular weight is 360 g/mol. The van der Waals surface area contributed by atoms with Crippen LogP contribution < -0.4 is 5.56 Å². The largest absolute Gasteiger partial charge is 0.417 e. The van der Waals surface area contributed by atoms with E-state index in [1.165, 1.54) is 10.6 Å². The highest BCUT2D eigenvalue weighted by atomic mass is 19.4. The van der Waals surface area contributed by atoms with Crippen molar-refractivity contribution >= 4 is 0 Å². The minimum absolute atomic E-state index is 0.215. The van der Waals surface area contributed by atoms with Crippen LogP contribution in [0.3, 0.4) is 0 Å². The SMILES string of the molecule is N#Cc1c(C(F)(F)F)cc(-c2ccccc2)n(CC2CCCCC2)c1=O. The summed E-state index contributed by atoms with van der Waals surface area (Å²) in [6, 6.07) is 11.0. The Morgan fingerprint density at radius 1 is 1.12 bits per heavy atom. The van der Waals surface area contributed by atoms with Crippen molar-refractivity contribution in [1.82, 2.24) is 4.57 Å². The smallest absolute Gasteiger partial charge is 0.307 e. The molecule has 0 saturated heterocycles. The second kappa shape index (κ2) is 7.36. The Bertz CT molecular complexity index is 873. The van der Waals surface area contributed by atoms with Crippen LogP contribution in [-0.4, -0.2) is 4.57 Å². The highest BCUT2D eigenvalue weighted by Crippen LogP contribution is 2.34. The third-order valence-corrected chi connectivity index (χ3v) is 4.95. The van der Waals surface area contributed by atoms with E-state index in [4.69, 9.17) is 0 Å². The fourth-order valence-corrected chi connectivity index (χ4v) is 3.64. The summed E-state index contributed by atoms with van der Waals surface area (Å²) in [5.74, 6) is 0.243. The summed E-state index contributed by atoms with van der Waals surface area (Å²) in [5, 5.41) is 9.19. The van der Waals surface area contributed by atoms with E-state index >= 15 is 0 Å². The molecule has 2 aromatic rings. The number of nitriles is 1. The highest BCUT2D eigenvalue weighted by Gasteiger charge is 2.36. The van der Waals surface area contributed by atoms with Crippen LogP contribution in [0.15, 0.2) is 41.2 Å². The maximum atomic E-state index is 13.4. The van der Waals surface area contributed by atoms with Crippen LogP contribution in [0.1, 0.15) is 43.2 Å². The van der Waals surface area contributed by atoms with E-state index in [-0.39, 0.29) is 11.6 Å². The zero-order chi connectivity index (χ0) is 18.7. The van der Waals surface area contributed by atoms with Crippen LogP contribution in [0.25, 0.3) is 11.3 Å². The first-order valence-corrected chi connectivity index (χ1v) is 8.72. The summed E-state index contributed by atoms with van der Waals surface area (Å²) >= 11 is 0. The lowest BCUT2D eigenvalue weighted by molar-refractivity contribution is -0.137. The van der Waals surface area contributed by atoms with E-state index in [0.29, 0.717) is 12.1 Å². The molecule has 1 aliphatic rings. The summed E-state index contributed by atoms with van der Waals surface area (Å²) in [6.45, 7) is 0.343. The van der Waals surface area contributed by atoms with Gasteiger partial charge < -0.3 is 4.57 Å². The lowest BCUT2D eigenvalue weighted by atomic mass is 9.89. The predicted molar refractivity (Wildman–Crippen MR) is 92.4 cm³/mol. The molecular weight excluding hydrogens is 341 g/mol. The molecule has 1 aromatic carbocycles. The fourth-order valence-electron chi connectivity index (χ4n) is 3.64. The molecule has 1 aromatic heterocycles. The van der Waals surface area contributed by atoms with Crippen LogP contribution in [0, 0.1) is 17.2 Å². The third-order valence-electron chi connectivity index (χ3n) is 4.95. The summed E-state index contributed by atoms with van der Waals surface area (Å²) < 4.78 is 41.6. The van der Waals surface area contributed by atoms with E-state index in [9.17, 15) is 23.2 Å². The second-order valence-corrected chi connectivity index (χ2v) is 6.71. The average Bonchev–Trinajstić information content (AvgIpc) is 2.63. The van der Waals surface area contributed by atoms with Crippen molar-refractivity contribution in [2.75, 3.05) is 0 Å². The molecule has 136 valence electrons. The van der Waals surface area contributed by atoms with Gasteiger partial charge in [-0.3, -0.25) is 4.79 Å². The molecule has 1 fully saturated rings. The van der Waals surface area contributed by atoms with Crippen LogP contribution in [0.4, 0.5) is 13.2 Å². The Balaban J connectivity index is 2.20. The van der Waals surface area contributed by atoms with Gasteiger partial charge in [0, 0.05) is 6.54 Å². The van der Waals surface area contributed by atoms with E-state index in [2.05, 4.69) is 0 Å². The molecule has 1 aliphatic carbocycles. The molecule has 0 bridgehead atoms. The summed E-state index contributed by atoms with van der Waals surface area (Å²) in [7, 11) is 0. The topological polar surface area (TPSA) is 45.8 Å². The van der Waals surface area contributed by atoms with Gasteiger partial charge in [0.1, 0.15) is 11.6 Å². The zero-order valence-corrected chi connectivity index (χ0v) is 14.2. The molecule has 26 heavy (non-hydrogen) atoms. The van der Waals surface area contributed by atoms with Gasteiger partial charge in [-0.25, -0.2) is 0 Å². The van der Waals surface area contributed by atoms with Gasteiger partial charge in [-0.15, -0.1) is 0 Å². The molecule has 0 radical (unpaired) electrons. The molecule has 1 saturated carbocycles. The number of nitrogens with zero attached hydrogens (tertiary/aromatic N) is 2. The first-order chi connectivity index (χ1) is 12.4. The Morgan fingerprint density at radius 3 is 2.35 bits per heavy atom. The minimum Gasteiger partial charge on any atom is -0.307 e. The van der Waals surface area contributed by atoms with Gasteiger partial charge in [0.05, 0.1) is 11.3 Å². The van der Waals surface area contributed by atoms with Crippen LogP contribution in [0.5, 0.6) is 0 Å². The number of rotatable bonds is 3. The molecule has 0 atom stereocenters. The first-order valence-electron chi connectivity index (χ1n) is 8.72. The number of hydrogen-bond donors (Lipinski definition) is 0. The maximum absolute atomic E-state index is 13.4. The van der Waals surface area contributed by atoms with Gasteiger partial charge in [0.15, 0.2) is 0 Å². The van der Waals surface area contributed by atoms with Gasteiger partial charge in [-0.05, 0) is 30.4 Å². The number of hydrogen-bond acceptors (Lipinski definition) is 2. The Labute approximate surface area is 149 Å². The van der Waals surface area contributed by atoms with Crippen molar-refractivity contribution in [3.05, 3.63) is 57.9 Å². The molecule has 3 nitrogen and oxygen atoms in total. The molecule has 3 rings (SSSR count). The lowest BCUT2D eigenvalue weighted by Crippen LogP contribution is -2.31. The summed E-state index contributed by atoms with van der Waals surface area (Å²) in [5.41, 5.74) is -2.09. The Hall–Kier alpha value is -2.55. The molecule has 6 heteroatoms. The normalized spacial score (nSPS) is 15.6. The van der Waals surface area contributed by atoms with Crippen molar-refractivity contribution in [3.8, 4) is 17.3 Å². The number of pyridine rings is 1. The van der Waals surface area contributed by atoms with E-state index in [0.717, 1.165) is 38.2 Å². The Morgan fingerprint density at radius 2 is 1.77 bits per heavy atom. The third kappa shape index (κ3) is 3.67. The zero-order valence-electron chi connectivity index (χ0n) is 14.2. The lowest BCUT2D eigenvalue weighted by Gasteiger charge is -2.25. The van der Waals surface area contributed by atoms with Crippen LogP contribution in [-0.2, 0) is 12.7 Å². The molecule has 0 N–H and O–H groups in total. The molecule has 0 aliphatic heterocycles. The summed E-state index contributed by atoms with van der Waals surface area (Å²) in [4.78, 5) is 12.8. The monoisotopic (exact) mass is 360 g/mol. The van der Waals surface area contributed by atoms with Crippen molar-refractivity contribution in [1.29, 1.82) is 5.26 Å². The van der Waals surface area contributed by atoms with Crippen LogP contribution >= 0.6 is 0 Å². The number of benzene rings is 1. The van der Waals surface area contributed by atoms with Crippen molar-refractivity contribution in [2.24, 2.45) is 5.92 Å². The van der Waals surface area contributed by atoms with E-state index in [1.54, 1.807) is 30.3 Å². The van der Waals surface area contributed by atoms with E-state index in [1.807, 2.05) is 0 Å². The van der Waals surface area contributed by atoms with Crippen LogP contribution in [0.2, 0.25) is 0 Å². The molecule has 0 spiro atoms. The quantitative estimate of drug-likeness (QED) is 0.774. The fraction of sp³-hybridized carbons (Fsp3) is 0.400. The van der Waals surface area contributed by atoms with Gasteiger partial charge in [0.25, 0.3) is 5.56 Å². The molecule has 0 unspecified atom stereocenters. The maximum Gasteiger partial charge on any atom is 0.417 e. The molecule has 0 amide bonds. The molecular formula is C20H19F3N2O. The van der Waals surface area contributed by atoms with Gasteiger partial charge in [0.2, 0.25) is 0 Å². The second-order valence-electron chi connectivity index (χ2n) is 6.71. The van der Waals surface area contributed by atoms with Gasteiger partial charge >= 0.3 is 6.18 Å². The van der Waals surface area contributed by atoms with Crippen molar-refractivity contribution in [2.45, 2.75) is 44.8 Å². The predicted octanol–water partition coefficient (Wildman–Crippen LogP) is 4.99. The first kappa shape index (κ1) is 18.2. The minimum atomic E-state index is -4.75. The number of alkyl halides is 3. The summed E-state index contributed by atoms with van der Waals surface area (Å²) in [6.07, 6.45) is 0.413. The van der Waals surface area contributed by atoms with Gasteiger partial charge in [-0.1, -0.05) is 49.6 Å². The highest BCUT2D eigenvalue weighted by molar-refractivity contribution is 5.62. The number of halogens is 3. The number of aromatic nitrogens is 1. The molecule has 1 heterocycles. The van der Waals surface area contributed by atoms with Crippen molar-refractivity contribution in [3.63, 3.8) is 0 Å². The van der Waals surface area contributed by atoms with Gasteiger partial charge in [-0.2, -0.15) is 18.4 Å². The standard InChI is InChI=1S/C20H19F3N2O/c21-20(22,23)17-11-18(15-9-5-2-6-10-15)25(19(26)16(17)12-24)13-14-7-3-1-4-8-14/h2,5-6,9-11,14H,1,3-4,7-8,13H2. The van der Waals surface area contributed by atoms with Crippen molar-refractivity contribution < 1.29 is 13.2 Å². The Kier molecular flexibility index (Phi) is 5.17.